The second-order valence-corrected chi connectivity index (χ2v) is 4.48. The molecule has 2 aromatic rings. The lowest BCUT2D eigenvalue weighted by atomic mass is 10.1. The van der Waals surface area contributed by atoms with Gasteiger partial charge in [0, 0.05) is 11.6 Å². The van der Waals surface area contributed by atoms with E-state index >= 15 is 0 Å². The molecule has 0 unspecified atom stereocenters. The topological polar surface area (TPSA) is 35.2 Å². The van der Waals surface area contributed by atoms with Crippen LogP contribution in [0, 0.1) is 17.5 Å². The van der Waals surface area contributed by atoms with Crippen molar-refractivity contribution in [2.24, 2.45) is 5.73 Å². The van der Waals surface area contributed by atoms with Crippen molar-refractivity contribution in [3.63, 3.8) is 0 Å². The van der Waals surface area contributed by atoms with E-state index in [1.54, 1.807) is 0 Å². The second kappa shape index (κ2) is 5.92. The molecule has 0 aliphatic carbocycles. The Bertz CT molecular complexity index is 661. The summed E-state index contributed by atoms with van der Waals surface area (Å²) in [5, 5.41) is 0. The van der Waals surface area contributed by atoms with Crippen LogP contribution in [0.5, 0.6) is 5.75 Å². The Morgan fingerprint density at radius 3 is 2.45 bits per heavy atom. The highest BCUT2D eigenvalue weighted by Gasteiger charge is 2.08. The quantitative estimate of drug-likeness (QED) is 0.879. The highest BCUT2D eigenvalue weighted by Crippen LogP contribution is 2.20. The Kier molecular flexibility index (Phi) is 4.24. The van der Waals surface area contributed by atoms with Gasteiger partial charge in [0.1, 0.15) is 23.2 Å². The van der Waals surface area contributed by atoms with Gasteiger partial charge in [0.2, 0.25) is 0 Å². The fraction of sp³-hybridized carbons (Fsp3) is 0.0714. The normalized spacial score (nSPS) is 10.3. The first kappa shape index (κ1) is 14.3. The Morgan fingerprint density at radius 2 is 1.75 bits per heavy atom. The van der Waals surface area contributed by atoms with Gasteiger partial charge in [-0.1, -0.05) is 18.3 Å². The molecule has 0 aromatic heterocycles. The van der Waals surface area contributed by atoms with Crippen LogP contribution in [0.4, 0.5) is 13.2 Å². The van der Waals surface area contributed by atoms with Gasteiger partial charge >= 0.3 is 0 Å². The van der Waals surface area contributed by atoms with Gasteiger partial charge in [-0.15, -0.1) is 0 Å². The molecule has 2 N–H and O–H groups in total. The van der Waals surface area contributed by atoms with Gasteiger partial charge in [0.05, 0.1) is 0 Å². The van der Waals surface area contributed by atoms with E-state index in [4.69, 9.17) is 22.7 Å². The van der Waals surface area contributed by atoms with Crippen molar-refractivity contribution in [2.45, 2.75) is 6.61 Å². The molecule has 0 saturated carbocycles. The number of halogens is 3. The van der Waals surface area contributed by atoms with E-state index in [-0.39, 0.29) is 22.9 Å². The number of nitrogens with two attached hydrogens (primary N) is 1. The van der Waals surface area contributed by atoms with Crippen LogP contribution in [0.2, 0.25) is 0 Å². The first-order valence-corrected chi connectivity index (χ1v) is 6.04. The molecule has 0 aliphatic heterocycles. The molecule has 0 saturated heterocycles. The molecule has 6 heteroatoms. The minimum Gasteiger partial charge on any atom is -0.486 e. The minimum absolute atomic E-state index is 0.0593. The van der Waals surface area contributed by atoms with Gasteiger partial charge in [-0.3, -0.25) is 0 Å². The van der Waals surface area contributed by atoms with Gasteiger partial charge in [-0.05, 0) is 29.8 Å². The van der Waals surface area contributed by atoms with Crippen molar-refractivity contribution in [3.8, 4) is 5.75 Å². The monoisotopic (exact) mass is 297 g/mol. The number of thiocarbonyl (C=S) groups is 1. The molecule has 0 fully saturated rings. The van der Waals surface area contributed by atoms with Gasteiger partial charge in [-0.2, -0.15) is 0 Å². The molecule has 2 rings (SSSR count). The van der Waals surface area contributed by atoms with Crippen LogP contribution in [-0.2, 0) is 6.61 Å². The molecule has 104 valence electrons. The third-order valence-electron chi connectivity index (χ3n) is 2.58. The number of benzene rings is 2. The van der Waals surface area contributed by atoms with Crippen molar-refractivity contribution in [2.75, 3.05) is 0 Å². The third-order valence-corrected chi connectivity index (χ3v) is 2.80. The smallest absolute Gasteiger partial charge is 0.165 e. The Labute approximate surface area is 119 Å². The minimum atomic E-state index is -0.678. The molecule has 0 atom stereocenters. The van der Waals surface area contributed by atoms with E-state index < -0.39 is 17.5 Å². The summed E-state index contributed by atoms with van der Waals surface area (Å²) >= 11 is 4.71. The predicted octanol–water partition coefficient (Wildman–Crippen LogP) is 3.32. The molecule has 0 aliphatic rings. The Hall–Kier alpha value is -2.08. The molecule has 20 heavy (non-hydrogen) atoms. The summed E-state index contributed by atoms with van der Waals surface area (Å²) < 4.78 is 44.9. The maximum atomic E-state index is 13.4. The Balaban J connectivity index is 2.17. The average Bonchev–Trinajstić information content (AvgIpc) is 2.41. The SMILES string of the molecule is NC(=S)c1cc(COc2cc(F)ccc2F)ccc1F. The van der Waals surface area contributed by atoms with E-state index in [9.17, 15) is 13.2 Å². The van der Waals surface area contributed by atoms with Gasteiger partial charge < -0.3 is 10.5 Å². The lowest BCUT2D eigenvalue weighted by Gasteiger charge is -2.09. The molecule has 0 bridgehead atoms. The molecular formula is C14H10F3NOS. The summed E-state index contributed by atoms with van der Waals surface area (Å²) in [7, 11) is 0. The molecular weight excluding hydrogens is 287 g/mol. The maximum Gasteiger partial charge on any atom is 0.165 e. The van der Waals surface area contributed by atoms with E-state index in [1.165, 1.54) is 18.2 Å². The summed E-state index contributed by atoms with van der Waals surface area (Å²) in [5.74, 6) is -2.04. The van der Waals surface area contributed by atoms with Crippen LogP contribution in [0.15, 0.2) is 36.4 Å². The van der Waals surface area contributed by atoms with E-state index in [0.29, 0.717) is 5.56 Å². The van der Waals surface area contributed by atoms with Gasteiger partial charge in [-0.25, -0.2) is 13.2 Å². The zero-order chi connectivity index (χ0) is 14.7. The molecule has 0 heterocycles. The van der Waals surface area contributed by atoms with Crippen molar-refractivity contribution >= 4 is 17.2 Å². The van der Waals surface area contributed by atoms with Crippen LogP contribution in [-0.4, -0.2) is 4.99 Å². The molecule has 0 radical (unpaired) electrons. The van der Waals surface area contributed by atoms with Crippen LogP contribution < -0.4 is 10.5 Å². The Morgan fingerprint density at radius 1 is 1.05 bits per heavy atom. The van der Waals surface area contributed by atoms with Crippen molar-refractivity contribution in [1.82, 2.24) is 0 Å². The van der Waals surface area contributed by atoms with E-state index in [0.717, 1.165) is 18.2 Å². The zero-order valence-corrected chi connectivity index (χ0v) is 11.0. The fourth-order valence-corrected chi connectivity index (χ4v) is 1.76. The number of hydrogen-bond donors (Lipinski definition) is 1. The third kappa shape index (κ3) is 3.27. The zero-order valence-electron chi connectivity index (χ0n) is 10.2. The largest absolute Gasteiger partial charge is 0.486 e. The molecule has 2 nitrogen and oxygen atoms in total. The van der Waals surface area contributed by atoms with Gasteiger partial charge in [0.25, 0.3) is 0 Å². The lowest BCUT2D eigenvalue weighted by Crippen LogP contribution is -2.12. The van der Waals surface area contributed by atoms with Crippen LogP contribution in [0.3, 0.4) is 0 Å². The summed E-state index contributed by atoms with van der Waals surface area (Å²) in [6, 6.07) is 6.95. The fourth-order valence-electron chi connectivity index (χ4n) is 1.60. The molecule has 0 amide bonds. The second-order valence-electron chi connectivity index (χ2n) is 4.04. The average molecular weight is 297 g/mol. The highest BCUT2D eigenvalue weighted by molar-refractivity contribution is 7.80. The standard InChI is InChI=1S/C14H10F3NOS/c15-9-2-4-12(17)13(6-9)19-7-8-1-3-11(16)10(5-8)14(18)20/h1-6H,7H2,(H2,18,20). The van der Waals surface area contributed by atoms with Crippen LogP contribution in [0.1, 0.15) is 11.1 Å². The lowest BCUT2D eigenvalue weighted by molar-refractivity contribution is 0.288. The van der Waals surface area contributed by atoms with Crippen molar-refractivity contribution < 1.29 is 17.9 Å². The predicted molar refractivity (Wildman–Crippen MR) is 73.0 cm³/mol. The highest BCUT2D eigenvalue weighted by atomic mass is 32.1. The summed E-state index contributed by atoms with van der Waals surface area (Å²) in [6.45, 7) is -0.0593. The van der Waals surface area contributed by atoms with Crippen LogP contribution >= 0.6 is 12.2 Å². The van der Waals surface area contributed by atoms with E-state index in [1.807, 2.05) is 0 Å². The number of hydrogen-bond acceptors (Lipinski definition) is 2. The summed E-state index contributed by atoms with van der Waals surface area (Å²) in [4.78, 5) is -0.0821. The van der Waals surface area contributed by atoms with Gasteiger partial charge in [0.15, 0.2) is 11.6 Å². The van der Waals surface area contributed by atoms with Crippen molar-refractivity contribution in [1.29, 1.82) is 0 Å². The molecule has 2 aromatic carbocycles. The first-order chi connectivity index (χ1) is 9.47. The maximum absolute atomic E-state index is 13.4. The number of ether oxygens (including phenoxy) is 1. The summed E-state index contributed by atoms with van der Waals surface area (Å²) in [6.07, 6.45) is 0. The number of rotatable bonds is 4. The molecule has 0 spiro atoms. The van der Waals surface area contributed by atoms with Crippen LogP contribution in [0.25, 0.3) is 0 Å². The summed E-state index contributed by atoms with van der Waals surface area (Å²) in [5.41, 5.74) is 6.00. The van der Waals surface area contributed by atoms with E-state index in [2.05, 4.69) is 0 Å². The van der Waals surface area contributed by atoms with Crippen molar-refractivity contribution in [3.05, 3.63) is 65.0 Å². The first-order valence-electron chi connectivity index (χ1n) is 5.63.